The molecular weight excluding hydrogens is 430 g/mol. The molecule has 31 heavy (non-hydrogen) atoms. The van der Waals surface area contributed by atoms with Crippen molar-refractivity contribution in [3.8, 4) is 22.8 Å². The molecule has 0 saturated heterocycles. The predicted octanol–water partition coefficient (Wildman–Crippen LogP) is 4.14. The van der Waals surface area contributed by atoms with E-state index in [0.717, 1.165) is 10.6 Å². The van der Waals surface area contributed by atoms with E-state index < -0.39 is 23.1 Å². The van der Waals surface area contributed by atoms with Crippen LogP contribution in [0.1, 0.15) is 0 Å². The molecule has 0 spiro atoms. The number of aromatic nitrogens is 3. The minimum absolute atomic E-state index is 0.0376. The van der Waals surface area contributed by atoms with Gasteiger partial charge < -0.3 is 14.4 Å². The first-order chi connectivity index (χ1) is 14.9. The van der Waals surface area contributed by atoms with Crippen LogP contribution in [0.3, 0.4) is 0 Å². The van der Waals surface area contributed by atoms with E-state index in [1.165, 1.54) is 48.7 Å². The summed E-state index contributed by atoms with van der Waals surface area (Å²) in [4.78, 5) is 29.3. The Morgan fingerprint density at radius 3 is 2.65 bits per heavy atom. The van der Waals surface area contributed by atoms with Gasteiger partial charge >= 0.3 is 0 Å². The Bertz CT molecular complexity index is 1320. The molecule has 0 unspecified atom stereocenters. The van der Waals surface area contributed by atoms with Gasteiger partial charge in [-0.2, -0.15) is 4.98 Å². The van der Waals surface area contributed by atoms with Gasteiger partial charge in [-0.1, -0.05) is 16.8 Å². The minimum atomic E-state index is -0.608. The van der Waals surface area contributed by atoms with Crippen LogP contribution in [0, 0.1) is 11.6 Å². The van der Waals surface area contributed by atoms with E-state index in [2.05, 4.69) is 15.5 Å². The van der Waals surface area contributed by atoms with E-state index in [9.17, 15) is 18.4 Å². The van der Waals surface area contributed by atoms with Crippen molar-refractivity contribution in [2.45, 2.75) is 6.54 Å². The third-order valence-corrected chi connectivity index (χ3v) is 4.59. The number of amides is 1. The van der Waals surface area contributed by atoms with Gasteiger partial charge in [-0.25, -0.2) is 8.78 Å². The number of nitrogens with one attached hydrogen (secondary N) is 1. The zero-order chi connectivity index (χ0) is 22.0. The molecule has 4 rings (SSSR count). The van der Waals surface area contributed by atoms with Gasteiger partial charge in [0.1, 0.15) is 23.7 Å². The predicted molar refractivity (Wildman–Crippen MR) is 109 cm³/mol. The van der Waals surface area contributed by atoms with Gasteiger partial charge in [-0.05, 0) is 54.6 Å². The summed E-state index contributed by atoms with van der Waals surface area (Å²) in [6, 6.07) is 12.3. The normalized spacial score (nSPS) is 10.8. The maximum absolute atomic E-state index is 13.2. The van der Waals surface area contributed by atoms with Gasteiger partial charge in [0, 0.05) is 17.4 Å². The molecule has 0 bridgehead atoms. The highest BCUT2D eigenvalue weighted by Gasteiger charge is 2.16. The van der Waals surface area contributed by atoms with Crippen LogP contribution in [-0.4, -0.2) is 20.6 Å². The number of nitrogens with zero attached hydrogens (tertiary/aromatic N) is 3. The number of rotatable bonds is 5. The Balaban J connectivity index is 1.54. The number of pyridine rings is 1. The molecule has 0 saturated carbocycles. The maximum Gasteiger partial charge on any atom is 0.263 e. The zero-order valence-electron chi connectivity index (χ0n) is 15.7. The van der Waals surface area contributed by atoms with E-state index >= 15 is 0 Å². The SMILES string of the molecule is O=C(Cn1cccc(-c2nc(-c3ccc(F)cc3)no2)c1=O)Nc1ccc(F)c(Cl)c1. The number of anilines is 1. The standard InChI is InChI=1S/C21H13ClF2N4O3/c22-16-10-14(7-8-17(16)24)25-18(29)11-28-9-1-2-15(21(28)30)20-26-19(27-31-20)12-3-5-13(23)6-4-12/h1-10H,11H2,(H,25,29). The molecule has 0 fully saturated rings. The largest absolute Gasteiger partial charge is 0.333 e. The molecule has 156 valence electrons. The Labute approximate surface area is 178 Å². The summed E-state index contributed by atoms with van der Waals surface area (Å²) in [6.07, 6.45) is 1.43. The summed E-state index contributed by atoms with van der Waals surface area (Å²) in [5.74, 6) is -1.37. The molecule has 2 heterocycles. The first-order valence-corrected chi connectivity index (χ1v) is 9.33. The van der Waals surface area contributed by atoms with Crippen LogP contribution in [0.15, 0.2) is 70.1 Å². The smallest absolute Gasteiger partial charge is 0.263 e. The average molecular weight is 443 g/mol. The van der Waals surface area contributed by atoms with E-state index in [1.807, 2.05) is 0 Å². The second-order valence-electron chi connectivity index (χ2n) is 6.46. The summed E-state index contributed by atoms with van der Waals surface area (Å²) in [5, 5.41) is 6.23. The number of carbonyl (C=O) groups is 1. The molecule has 1 N–H and O–H groups in total. The van der Waals surface area contributed by atoms with Crippen LogP contribution in [-0.2, 0) is 11.3 Å². The van der Waals surface area contributed by atoms with Gasteiger partial charge in [0.15, 0.2) is 0 Å². The maximum atomic E-state index is 13.2. The number of halogens is 3. The van der Waals surface area contributed by atoms with Crippen LogP contribution in [0.25, 0.3) is 22.8 Å². The molecule has 0 atom stereocenters. The average Bonchev–Trinajstić information content (AvgIpc) is 3.23. The number of carbonyl (C=O) groups excluding carboxylic acids is 1. The molecule has 0 aliphatic heterocycles. The fourth-order valence-corrected chi connectivity index (χ4v) is 2.98. The van der Waals surface area contributed by atoms with Crippen LogP contribution in [0.4, 0.5) is 14.5 Å². The molecule has 0 radical (unpaired) electrons. The Kier molecular flexibility index (Phi) is 5.59. The number of hydrogen-bond donors (Lipinski definition) is 1. The summed E-state index contributed by atoms with van der Waals surface area (Å²) in [7, 11) is 0. The van der Waals surface area contributed by atoms with Crippen LogP contribution in [0.5, 0.6) is 0 Å². The van der Waals surface area contributed by atoms with Gasteiger partial charge in [-0.15, -0.1) is 0 Å². The van der Waals surface area contributed by atoms with Gasteiger partial charge in [0.05, 0.1) is 5.02 Å². The van der Waals surface area contributed by atoms with Crippen LogP contribution in [0.2, 0.25) is 5.02 Å². The topological polar surface area (TPSA) is 90.0 Å². The van der Waals surface area contributed by atoms with Crippen molar-refractivity contribution in [3.05, 3.63) is 87.8 Å². The lowest BCUT2D eigenvalue weighted by Gasteiger charge is -2.08. The fraction of sp³-hybridized carbons (Fsp3) is 0.0476. The second-order valence-corrected chi connectivity index (χ2v) is 6.87. The lowest BCUT2D eigenvalue weighted by atomic mass is 10.2. The lowest BCUT2D eigenvalue weighted by Crippen LogP contribution is -2.28. The molecule has 7 nitrogen and oxygen atoms in total. The molecule has 0 aliphatic rings. The summed E-state index contributed by atoms with van der Waals surface area (Å²) < 4.78 is 32.7. The Hall–Kier alpha value is -3.85. The van der Waals surface area contributed by atoms with Crippen molar-refractivity contribution in [1.82, 2.24) is 14.7 Å². The number of hydrogen-bond acceptors (Lipinski definition) is 5. The third-order valence-electron chi connectivity index (χ3n) is 4.30. The lowest BCUT2D eigenvalue weighted by molar-refractivity contribution is -0.116. The van der Waals surface area contributed by atoms with Gasteiger partial charge in [-0.3, -0.25) is 9.59 Å². The highest BCUT2D eigenvalue weighted by Crippen LogP contribution is 2.21. The van der Waals surface area contributed by atoms with Crippen LogP contribution >= 0.6 is 11.6 Å². The van der Waals surface area contributed by atoms with E-state index in [4.69, 9.17) is 16.1 Å². The molecular formula is C21H13ClF2N4O3. The Morgan fingerprint density at radius 1 is 1.13 bits per heavy atom. The number of benzene rings is 2. The first-order valence-electron chi connectivity index (χ1n) is 8.95. The van der Waals surface area contributed by atoms with Gasteiger partial charge in [0.2, 0.25) is 11.7 Å². The summed E-state index contributed by atoms with van der Waals surface area (Å²) in [5.41, 5.74) is 0.386. The van der Waals surface area contributed by atoms with Crippen molar-refractivity contribution in [2.75, 3.05) is 5.32 Å². The quantitative estimate of drug-likeness (QED) is 0.502. The molecule has 10 heteroatoms. The zero-order valence-corrected chi connectivity index (χ0v) is 16.4. The highest BCUT2D eigenvalue weighted by atomic mass is 35.5. The summed E-state index contributed by atoms with van der Waals surface area (Å²) >= 11 is 5.70. The van der Waals surface area contributed by atoms with E-state index in [-0.39, 0.29) is 28.8 Å². The van der Waals surface area contributed by atoms with E-state index in [1.54, 1.807) is 6.07 Å². The van der Waals surface area contributed by atoms with E-state index in [0.29, 0.717) is 11.3 Å². The van der Waals surface area contributed by atoms with Crippen molar-refractivity contribution >= 4 is 23.2 Å². The Morgan fingerprint density at radius 2 is 1.90 bits per heavy atom. The van der Waals surface area contributed by atoms with Crippen molar-refractivity contribution < 1.29 is 18.1 Å². The second kappa shape index (κ2) is 8.49. The summed E-state index contributed by atoms with van der Waals surface area (Å²) in [6.45, 7) is -0.305. The first kappa shape index (κ1) is 20.4. The monoisotopic (exact) mass is 442 g/mol. The molecule has 4 aromatic rings. The molecule has 1 amide bonds. The molecule has 0 aliphatic carbocycles. The highest BCUT2D eigenvalue weighted by molar-refractivity contribution is 6.31. The molecule has 2 aromatic heterocycles. The van der Waals surface area contributed by atoms with Gasteiger partial charge in [0.25, 0.3) is 11.4 Å². The minimum Gasteiger partial charge on any atom is -0.333 e. The fourth-order valence-electron chi connectivity index (χ4n) is 2.80. The molecule has 2 aromatic carbocycles. The van der Waals surface area contributed by atoms with Crippen molar-refractivity contribution in [3.63, 3.8) is 0 Å². The third kappa shape index (κ3) is 4.51. The van der Waals surface area contributed by atoms with Crippen molar-refractivity contribution in [2.24, 2.45) is 0 Å². The van der Waals surface area contributed by atoms with Crippen LogP contribution < -0.4 is 10.9 Å². The van der Waals surface area contributed by atoms with Crippen molar-refractivity contribution in [1.29, 1.82) is 0 Å².